The summed E-state index contributed by atoms with van der Waals surface area (Å²) >= 11 is 0. The van der Waals surface area contributed by atoms with Crippen LogP contribution in [-0.2, 0) is 10.2 Å². The molecular formula is C17H24O3. The molecule has 0 N–H and O–H groups in total. The SMILES string of the molecule is COc1cc([C@]2(C)CC(=O)CC2(C)C)c(OC)cc1C. The molecule has 1 aliphatic carbocycles. The van der Waals surface area contributed by atoms with Crippen molar-refractivity contribution in [3.63, 3.8) is 0 Å². The van der Waals surface area contributed by atoms with E-state index < -0.39 is 0 Å². The van der Waals surface area contributed by atoms with Gasteiger partial charge in [-0.05, 0) is 30.0 Å². The zero-order valence-electron chi connectivity index (χ0n) is 13.3. The largest absolute Gasteiger partial charge is 0.496 e. The molecule has 0 aliphatic heterocycles. The molecule has 0 bridgehead atoms. The highest BCUT2D eigenvalue weighted by Gasteiger charge is 2.51. The van der Waals surface area contributed by atoms with Gasteiger partial charge < -0.3 is 9.47 Å². The van der Waals surface area contributed by atoms with Crippen molar-refractivity contribution in [2.24, 2.45) is 5.41 Å². The van der Waals surface area contributed by atoms with E-state index in [1.165, 1.54) is 0 Å². The van der Waals surface area contributed by atoms with Crippen LogP contribution in [0.1, 0.15) is 44.7 Å². The molecule has 3 nitrogen and oxygen atoms in total. The molecule has 20 heavy (non-hydrogen) atoms. The molecule has 0 aromatic heterocycles. The zero-order valence-corrected chi connectivity index (χ0v) is 13.3. The molecule has 0 saturated heterocycles. The van der Waals surface area contributed by atoms with E-state index in [4.69, 9.17) is 9.47 Å². The molecular weight excluding hydrogens is 252 g/mol. The third kappa shape index (κ3) is 2.09. The molecule has 2 rings (SSSR count). The summed E-state index contributed by atoms with van der Waals surface area (Å²) in [4.78, 5) is 12.0. The van der Waals surface area contributed by atoms with Gasteiger partial charge in [0.15, 0.2) is 0 Å². The number of ether oxygens (including phenoxy) is 2. The molecule has 1 aromatic rings. The summed E-state index contributed by atoms with van der Waals surface area (Å²) in [5, 5.41) is 0. The Labute approximate surface area is 121 Å². The summed E-state index contributed by atoms with van der Waals surface area (Å²) in [7, 11) is 3.35. The molecule has 1 aromatic carbocycles. The van der Waals surface area contributed by atoms with Crippen molar-refractivity contribution >= 4 is 5.78 Å². The molecule has 1 saturated carbocycles. The predicted molar refractivity (Wildman–Crippen MR) is 79.7 cm³/mol. The van der Waals surface area contributed by atoms with Crippen molar-refractivity contribution in [2.75, 3.05) is 14.2 Å². The Kier molecular flexibility index (Phi) is 3.57. The van der Waals surface area contributed by atoms with E-state index in [2.05, 4.69) is 20.8 Å². The van der Waals surface area contributed by atoms with Crippen LogP contribution in [-0.4, -0.2) is 20.0 Å². The number of ketones is 1. The van der Waals surface area contributed by atoms with Crippen LogP contribution in [0, 0.1) is 12.3 Å². The lowest BCUT2D eigenvalue weighted by molar-refractivity contribution is -0.118. The van der Waals surface area contributed by atoms with Gasteiger partial charge in [0.05, 0.1) is 14.2 Å². The van der Waals surface area contributed by atoms with Crippen LogP contribution < -0.4 is 9.47 Å². The Morgan fingerprint density at radius 2 is 1.60 bits per heavy atom. The maximum atomic E-state index is 12.0. The second-order valence-corrected chi connectivity index (χ2v) is 6.63. The molecule has 1 fully saturated rings. The number of carbonyl (C=O) groups is 1. The van der Waals surface area contributed by atoms with Crippen LogP contribution in [0.4, 0.5) is 0 Å². The van der Waals surface area contributed by atoms with Gasteiger partial charge in [0.25, 0.3) is 0 Å². The van der Waals surface area contributed by atoms with Crippen LogP contribution in [0.15, 0.2) is 12.1 Å². The third-order valence-corrected chi connectivity index (χ3v) is 4.99. The molecule has 3 heteroatoms. The first-order valence-corrected chi connectivity index (χ1v) is 7.00. The Hall–Kier alpha value is -1.51. The van der Waals surface area contributed by atoms with Crippen LogP contribution in [0.2, 0.25) is 0 Å². The normalized spacial score (nSPS) is 24.8. The number of Topliss-reactive ketones (excluding diaryl/α,β-unsaturated/α-hetero) is 1. The fourth-order valence-electron chi connectivity index (χ4n) is 3.33. The van der Waals surface area contributed by atoms with E-state index in [1.54, 1.807) is 14.2 Å². The Bertz CT molecular complexity index is 545. The number of carbonyl (C=O) groups excluding carboxylic acids is 1. The average Bonchev–Trinajstić information content (AvgIpc) is 2.57. The fourth-order valence-corrected chi connectivity index (χ4v) is 3.33. The molecule has 0 unspecified atom stereocenters. The molecule has 0 amide bonds. The maximum Gasteiger partial charge on any atom is 0.134 e. The number of benzene rings is 1. The minimum absolute atomic E-state index is 0.0857. The van der Waals surface area contributed by atoms with Gasteiger partial charge in [-0.2, -0.15) is 0 Å². The van der Waals surface area contributed by atoms with Crippen molar-refractivity contribution in [3.05, 3.63) is 23.3 Å². The standard InChI is InChI=1S/C17H24O3/c1-11-7-15(20-6)13(8-14(11)19-5)17(4)10-12(18)9-16(17,2)3/h7-8H,9-10H2,1-6H3/t17-/m0/s1. The Balaban J connectivity index is 2.64. The van der Waals surface area contributed by atoms with Gasteiger partial charge in [-0.15, -0.1) is 0 Å². The Morgan fingerprint density at radius 1 is 1.00 bits per heavy atom. The van der Waals surface area contributed by atoms with Crippen LogP contribution in [0.3, 0.4) is 0 Å². The van der Waals surface area contributed by atoms with Crippen LogP contribution in [0.5, 0.6) is 11.5 Å². The smallest absolute Gasteiger partial charge is 0.134 e. The number of rotatable bonds is 3. The van der Waals surface area contributed by atoms with Crippen LogP contribution in [0.25, 0.3) is 0 Å². The number of methoxy groups -OCH3 is 2. The highest BCUT2D eigenvalue weighted by Crippen LogP contribution is 2.55. The molecule has 0 radical (unpaired) electrons. The van der Waals surface area contributed by atoms with E-state index in [0.29, 0.717) is 18.6 Å². The first-order chi connectivity index (χ1) is 9.25. The molecule has 0 heterocycles. The molecule has 1 aliphatic rings. The quantitative estimate of drug-likeness (QED) is 0.845. The van der Waals surface area contributed by atoms with Gasteiger partial charge >= 0.3 is 0 Å². The zero-order chi connectivity index (χ0) is 15.1. The van der Waals surface area contributed by atoms with Crippen molar-refractivity contribution < 1.29 is 14.3 Å². The summed E-state index contributed by atoms with van der Waals surface area (Å²) < 4.78 is 11.0. The Morgan fingerprint density at radius 3 is 2.05 bits per heavy atom. The fraction of sp³-hybridized carbons (Fsp3) is 0.588. The van der Waals surface area contributed by atoms with E-state index >= 15 is 0 Å². The maximum absolute atomic E-state index is 12.0. The summed E-state index contributed by atoms with van der Waals surface area (Å²) in [6.07, 6.45) is 1.17. The lowest BCUT2D eigenvalue weighted by Gasteiger charge is -2.39. The number of aryl methyl sites for hydroxylation is 1. The summed E-state index contributed by atoms with van der Waals surface area (Å²) in [6.45, 7) is 8.47. The van der Waals surface area contributed by atoms with E-state index in [-0.39, 0.29) is 10.8 Å². The first kappa shape index (κ1) is 14.9. The van der Waals surface area contributed by atoms with Crippen molar-refractivity contribution in [1.29, 1.82) is 0 Å². The molecule has 110 valence electrons. The van der Waals surface area contributed by atoms with Gasteiger partial charge in [0.1, 0.15) is 17.3 Å². The first-order valence-electron chi connectivity index (χ1n) is 7.00. The molecule has 0 spiro atoms. The van der Waals surface area contributed by atoms with Crippen LogP contribution >= 0.6 is 0 Å². The second-order valence-electron chi connectivity index (χ2n) is 6.63. The third-order valence-electron chi connectivity index (χ3n) is 4.99. The predicted octanol–water partition coefficient (Wildman–Crippen LogP) is 3.66. The minimum atomic E-state index is -0.226. The summed E-state index contributed by atoms with van der Waals surface area (Å²) in [5.74, 6) is 2.00. The van der Waals surface area contributed by atoms with Crippen molar-refractivity contribution in [2.45, 2.75) is 46.0 Å². The second kappa shape index (κ2) is 4.80. The summed E-state index contributed by atoms with van der Waals surface area (Å²) in [5.41, 5.74) is 1.80. The van der Waals surface area contributed by atoms with Crippen molar-refractivity contribution in [1.82, 2.24) is 0 Å². The summed E-state index contributed by atoms with van der Waals surface area (Å²) in [6, 6.07) is 4.03. The van der Waals surface area contributed by atoms with Crippen molar-refractivity contribution in [3.8, 4) is 11.5 Å². The monoisotopic (exact) mass is 276 g/mol. The number of hydrogen-bond donors (Lipinski definition) is 0. The van der Waals surface area contributed by atoms with Gasteiger partial charge in [-0.25, -0.2) is 0 Å². The minimum Gasteiger partial charge on any atom is -0.496 e. The van der Waals surface area contributed by atoms with E-state index in [0.717, 1.165) is 22.6 Å². The average molecular weight is 276 g/mol. The van der Waals surface area contributed by atoms with Gasteiger partial charge in [0, 0.05) is 23.8 Å². The topological polar surface area (TPSA) is 35.5 Å². The van der Waals surface area contributed by atoms with Gasteiger partial charge in [0.2, 0.25) is 0 Å². The highest BCUT2D eigenvalue weighted by molar-refractivity contribution is 5.84. The van der Waals surface area contributed by atoms with Gasteiger partial charge in [-0.1, -0.05) is 20.8 Å². The van der Waals surface area contributed by atoms with Gasteiger partial charge in [-0.3, -0.25) is 4.79 Å². The number of hydrogen-bond acceptors (Lipinski definition) is 3. The highest BCUT2D eigenvalue weighted by atomic mass is 16.5. The molecule has 1 atom stereocenters. The lowest BCUT2D eigenvalue weighted by Crippen LogP contribution is -2.34. The lowest BCUT2D eigenvalue weighted by atomic mass is 9.65. The van der Waals surface area contributed by atoms with E-state index in [1.807, 2.05) is 19.1 Å². The van der Waals surface area contributed by atoms with E-state index in [9.17, 15) is 4.79 Å².